The highest BCUT2D eigenvalue weighted by atomic mass is 32.1. The minimum Gasteiger partial charge on any atom is -0.352 e. The minimum atomic E-state index is 0.337. The van der Waals surface area contributed by atoms with Gasteiger partial charge in [0.25, 0.3) is 0 Å². The Morgan fingerprint density at radius 3 is 2.61 bits per heavy atom. The molecule has 5 rings (SSSR count). The first kappa shape index (κ1) is 21.2. The summed E-state index contributed by atoms with van der Waals surface area (Å²) in [6, 6.07) is 0. The van der Waals surface area contributed by atoms with Gasteiger partial charge in [-0.3, -0.25) is 4.79 Å². The third kappa shape index (κ3) is 4.46. The first-order valence-corrected chi connectivity index (χ1v) is 13.3. The van der Waals surface area contributed by atoms with Gasteiger partial charge < -0.3 is 9.80 Å². The number of rotatable bonds is 7. The van der Waals surface area contributed by atoms with Crippen LogP contribution in [0.5, 0.6) is 0 Å². The van der Waals surface area contributed by atoms with E-state index in [4.69, 9.17) is 9.97 Å². The Morgan fingerprint density at radius 2 is 1.87 bits per heavy atom. The molecule has 1 unspecified atom stereocenters. The average Bonchev–Trinajstić information content (AvgIpc) is 3.57. The number of nitrogens with zero attached hydrogens (tertiary/aromatic N) is 4. The zero-order chi connectivity index (χ0) is 21.4. The summed E-state index contributed by atoms with van der Waals surface area (Å²) in [6.07, 6.45) is 11.4. The second kappa shape index (κ2) is 9.05. The molecule has 0 aromatic carbocycles. The van der Waals surface area contributed by atoms with Crippen LogP contribution < -0.4 is 4.90 Å². The number of carbonyl (C=O) groups excluding carboxylic acids is 1. The fourth-order valence-electron chi connectivity index (χ4n) is 5.12. The Labute approximate surface area is 190 Å². The van der Waals surface area contributed by atoms with Crippen LogP contribution in [0, 0.1) is 5.92 Å². The van der Waals surface area contributed by atoms with Gasteiger partial charge >= 0.3 is 0 Å². The molecule has 1 saturated heterocycles. The van der Waals surface area contributed by atoms with Gasteiger partial charge in [0.05, 0.1) is 5.39 Å². The van der Waals surface area contributed by atoms with Gasteiger partial charge in [-0.1, -0.05) is 33.1 Å². The minimum absolute atomic E-state index is 0.337. The molecular formula is C25H36N4OS. The van der Waals surface area contributed by atoms with E-state index in [1.54, 1.807) is 0 Å². The summed E-state index contributed by atoms with van der Waals surface area (Å²) in [5.74, 6) is 3.89. The molecule has 3 heterocycles. The van der Waals surface area contributed by atoms with Gasteiger partial charge in [0.2, 0.25) is 5.91 Å². The lowest BCUT2D eigenvalue weighted by Gasteiger charge is -2.36. The quantitative estimate of drug-likeness (QED) is 0.547. The summed E-state index contributed by atoms with van der Waals surface area (Å²) in [4.78, 5) is 30.1. The molecule has 6 heteroatoms. The monoisotopic (exact) mass is 440 g/mol. The van der Waals surface area contributed by atoms with Gasteiger partial charge in [0, 0.05) is 43.4 Å². The number of aryl methyl sites for hydroxylation is 1. The molecule has 1 atom stereocenters. The van der Waals surface area contributed by atoms with Gasteiger partial charge in [-0.15, -0.1) is 11.3 Å². The summed E-state index contributed by atoms with van der Waals surface area (Å²) < 4.78 is 0. The summed E-state index contributed by atoms with van der Waals surface area (Å²) in [6.45, 7) is 8.00. The number of carbonyl (C=O) groups is 1. The summed E-state index contributed by atoms with van der Waals surface area (Å²) in [5, 5.41) is 1.33. The van der Waals surface area contributed by atoms with Gasteiger partial charge in [0.15, 0.2) is 0 Å². The topological polar surface area (TPSA) is 49.3 Å². The first-order chi connectivity index (χ1) is 15.1. The molecule has 0 bridgehead atoms. The molecule has 5 nitrogen and oxygen atoms in total. The van der Waals surface area contributed by atoms with Crippen LogP contribution in [0.15, 0.2) is 0 Å². The third-order valence-corrected chi connectivity index (χ3v) is 8.42. The van der Waals surface area contributed by atoms with Crippen molar-refractivity contribution in [2.45, 2.75) is 84.0 Å². The van der Waals surface area contributed by atoms with E-state index in [0.29, 0.717) is 18.2 Å². The van der Waals surface area contributed by atoms with E-state index in [2.05, 4.69) is 23.6 Å². The highest BCUT2D eigenvalue weighted by Crippen LogP contribution is 2.44. The lowest BCUT2D eigenvalue weighted by atomic mass is 9.89. The summed E-state index contributed by atoms with van der Waals surface area (Å²) in [5.41, 5.74) is 1.52. The maximum absolute atomic E-state index is 12.6. The van der Waals surface area contributed by atoms with Crippen molar-refractivity contribution in [2.75, 3.05) is 31.1 Å². The third-order valence-electron chi connectivity index (χ3n) is 7.27. The summed E-state index contributed by atoms with van der Waals surface area (Å²) in [7, 11) is 0. The van der Waals surface area contributed by atoms with Crippen molar-refractivity contribution in [1.82, 2.24) is 14.9 Å². The Morgan fingerprint density at radius 1 is 1.06 bits per heavy atom. The number of anilines is 1. The van der Waals surface area contributed by atoms with Gasteiger partial charge in [-0.25, -0.2) is 9.97 Å². The Balaban J connectivity index is 1.35. The smallest absolute Gasteiger partial charge is 0.222 e. The fourth-order valence-corrected chi connectivity index (χ4v) is 6.51. The largest absolute Gasteiger partial charge is 0.352 e. The number of amides is 1. The van der Waals surface area contributed by atoms with Gasteiger partial charge in [0.1, 0.15) is 16.5 Å². The van der Waals surface area contributed by atoms with E-state index in [1.165, 1.54) is 65.6 Å². The maximum Gasteiger partial charge on any atom is 0.222 e. The number of fused-ring (bicyclic) bond motifs is 3. The van der Waals surface area contributed by atoms with Crippen molar-refractivity contribution < 1.29 is 4.79 Å². The normalized spacial score (nSPS) is 21.5. The Hall–Kier alpha value is -1.69. The molecule has 0 spiro atoms. The standard InChI is InChI=1S/C25H36N4OS/c1-3-4-5-6-7-21(30)28-12-14-29(15-13-28)24-22-19-11-8-17(2)16-20(19)31-25(22)27-23(26-24)18-9-10-18/h17-18H,3-16H2,1-2H3. The predicted molar refractivity (Wildman–Crippen MR) is 128 cm³/mol. The van der Waals surface area contributed by atoms with E-state index in [-0.39, 0.29) is 0 Å². The molecule has 0 N–H and O–H groups in total. The molecule has 1 aliphatic heterocycles. The highest BCUT2D eigenvalue weighted by Gasteiger charge is 2.32. The van der Waals surface area contributed by atoms with Crippen LogP contribution in [0.4, 0.5) is 5.82 Å². The van der Waals surface area contributed by atoms with Crippen molar-refractivity contribution in [3.8, 4) is 0 Å². The fraction of sp³-hybridized carbons (Fsp3) is 0.720. The van der Waals surface area contributed by atoms with E-state index >= 15 is 0 Å². The molecular weight excluding hydrogens is 404 g/mol. The van der Waals surface area contributed by atoms with Crippen molar-refractivity contribution in [3.63, 3.8) is 0 Å². The molecule has 31 heavy (non-hydrogen) atoms. The van der Waals surface area contributed by atoms with Crippen molar-refractivity contribution in [2.24, 2.45) is 5.92 Å². The molecule has 2 fully saturated rings. The van der Waals surface area contributed by atoms with Crippen molar-refractivity contribution in [3.05, 3.63) is 16.3 Å². The number of aromatic nitrogens is 2. The average molecular weight is 441 g/mol. The van der Waals surface area contributed by atoms with Crippen LogP contribution in [-0.4, -0.2) is 47.0 Å². The second-order valence-corrected chi connectivity index (χ2v) is 11.0. The van der Waals surface area contributed by atoms with Crippen molar-refractivity contribution >= 4 is 33.3 Å². The number of unbranched alkanes of at least 4 members (excludes halogenated alkanes) is 3. The SMILES string of the molecule is CCCCCCC(=O)N1CCN(c2nc(C3CC3)nc3sc4c(c23)CCC(C)C4)CC1. The van der Waals surface area contributed by atoms with Crippen LogP contribution in [-0.2, 0) is 17.6 Å². The van der Waals surface area contributed by atoms with E-state index in [9.17, 15) is 4.79 Å². The maximum atomic E-state index is 12.6. The zero-order valence-corrected chi connectivity index (χ0v) is 20.0. The molecule has 2 aliphatic carbocycles. The van der Waals surface area contributed by atoms with Crippen LogP contribution in [0.3, 0.4) is 0 Å². The lowest BCUT2D eigenvalue weighted by Crippen LogP contribution is -2.49. The number of thiophene rings is 1. The highest BCUT2D eigenvalue weighted by molar-refractivity contribution is 7.19. The Kier molecular flexibility index (Phi) is 6.18. The van der Waals surface area contributed by atoms with E-state index in [1.807, 2.05) is 11.3 Å². The van der Waals surface area contributed by atoms with Gasteiger partial charge in [-0.2, -0.15) is 0 Å². The number of hydrogen-bond donors (Lipinski definition) is 0. The zero-order valence-electron chi connectivity index (χ0n) is 19.2. The molecule has 1 saturated carbocycles. The second-order valence-electron chi connectivity index (χ2n) is 9.89. The van der Waals surface area contributed by atoms with Crippen LogP contribution in [0.1, 0.15) is 87.4 Å². The van der Waals surface area contributed by atoms with Crippen LogP contribution >= 0.6 is 11.3 Å². The lowest BCUT2D eigenvalue weighted by molar-refractivity contribution is -0.131. The molecule has 3 aliphatic rings. The number of hydrogen-bond acceptors (Lipinski definition) is 5. The first-order valence-electron chi connectivity index (χ1n) is 12.5. The van der Waals surface area contributed by atoms with Crippen molar-refractivity contribution in [1.29, 1.82) is 0 Å². The molecule has 2 aromatic rings. The van der Waals surface area contributed by atoms with E-state index in [0.717, 1.165) is 56.6 Å². The van der Waals surface area contributed by atoms with Crippen LogP contribution in [0.2, 0.25) is 0 Å². The number of piperazine rings is 1. The van der Waals surface area contributed by atoms with Gasteiger partial charge in [-0.05, 0) is 50.0 Å². The summed E-state index contributed by atoms with van der Waals surface area (Å²) >= 11 is 1.92. The predicted octanol–water partition coefficient (Wildman–Crippen LogP) is 5.31. The Bertz CT molecular complexity index is 943. The molecule has 168 valence electrons. The van der Waals surface area contributed by atoms with Crippen LogP contribution in [0.25, 0.3) is 10.2 Å². The molecule has 0 radical (unpaired) electrons. The molecule has 2 aromatic heterocycles. The molecule has 1 amide bonds. The van der Waals surface area contributed by atoms with E-state index < -0.39 is 0 Å².